The lowest BCUT2D eigenvalue weighted by Gasteiger charge is -2.05. The van der Waals surface area contributed by atoms with Crippen molar-refractivity contribution in [2.24, 2.45) is 5.10 Å². The molecule has 0 aliphatic carbocycles. The Labute approximate surface area is 138 Å². The Balaban J connectivity index is 1.59. The summed E-state index contributed by atoms with van der Waals surface area (Å²) >= 11 is 0. The molecule has 116 valence electrons. The fourth-order valence-corrected chi connectivity index (χ4v) is 2.47. The van der Waals surface area contributed by atoms with Gasteiger partial charge in [0.15, 0.2) is 11.5 Å². The van der Waals surface area contributed by atoms with Gasteiger partial charge in [0.1, 0.15) is 6.33 Å². The molecule has 1 N–H and O–H groups in total. The maximum Gasteiger partial charge on any atom is 0.185 e. The van der Waals surface area contributed by atoms with Gasteiger partial charge < -0.3 is 0 Å². The van der Waals surface area contributed by atoms with Crippen LogP contribution >= 0.6 is 0 Å². The number of nitrogens with one attached hydrogen (secondary N) is 1. The van der Waals surface area contributed by atoms with Crippen LogP contribution in [0, 0.1) is 0 Å². The predicted octanol–water partition coefficient (Wildman–Crippen LogP) is 3.39. The maximum atomic E-state index is 4.46. The van der Waals surface area contributed by atoms with E-state index in [4.69, 9.17) is 0 Å². The molecule has 24 heavy (non-hydrogen) atoms. The smallest absolute Gasteiger partial charge is 0.185 e. The van der Waals surface area contributed by atoms with Crippen molar-refractivity contribution in [3.63, 3.8) is 0 Å². The summed E-state index contributed by atoms with van der Waals surface area (Å²) in [5.41, 5.74) is 4.84. The fourth-order valence-electron chi connectivity index (χ4n) is 2.47. The van der Waals surface area contributed by atoms with E-state index < -0.39 is 0 Å². The SMILES string of the molecule is C(=C\c1ccccc1)/C=N/Nc1nn2cnnc2c2ccccc12. The van der Waals surface area contributed by atoms with Crippen LogP contribution in [0.15, 0.2) is 72.1 Å². The lowest BCUT2D eigenvalue weighted by atomic mass is 10.2. The topological polar surface area (TPSA) is 67.5 Å². The zero-order chi connectivity index (χ0) is 16.2. The van der Waals surface area contributed by atoms with Gasteiger partial charge in [0.05, 0.1) is 0 Å². The van der Waals surface area contributed by atoms with Gasteiger partial charge in [-0.15, -0.1) is 15.3 Å². The molecule has 0 unspecified atom stereocenters. The Morgan fingerprint density at radius 2 is 1.75 bits per heavy atom. The van der Waals surface area contributed by atoms with Crippen LogP contribution in [-0.2, 0) is 0 Å². The highest BCUT2D eigenvalue weighted by Crippen LogP contribution is 2.23. The summed E-state index contributed by atoms with van der Waals surface area (Å²) in [6, 6.07) is 18.0. The second-order valence-corrected chi connectivity index (χ2v) is 5.15. The zero-order valence-corrected chi connectivity index (χ0v) is 12.7. The van der Waals surface area contributed by atoms with Crippen molar-refractivity contribution in [1.82, 2.24) is 19.8 Å². The van der Waals surface area contributed by atoms with Crippen molar-refractivity contribution in [3.05, 3.63) is 72.6 Å². The van der Waals surface area contributed by atoms with Crippen molar-refractivity contribution < 1.29 is 0 Å². The van der Waals surface area contributed by atoms with Gasteiger partial charge in [0.2, 0.25) is 0 Å². The Morgan fingerprint density at radius 3 is 2.62 bits per heavy atom. The number of nitrogens with zero attached hydrogens (tertiary/aromatic N) is 5. The van der Waals surface area contributed by atoms with Crippen molar-refractivity contribution in [2.45, 2.75) is 0 Å². The monoisotopic (exact) mass is 314 g/mol. The summed E-state index contributed by atoms with van der Waals surface area (Å²) in [7, 11) is 0. The van der Waals surface area contributed by atoms with E-state index in [0.717, 1.165) is 22.0 Å². The molecule has 6 nitrogen and oxygen atoms in total. The molecule has 0 bridgehead atoms. The van der Waals surface area contributed by atoms with E-state index in [1.165, 1.54) is 0 Å². The number of hydrogen-bond donors (Lipinski definition) is 1. The van der Waals surface area contributed by atoms with Gasteiger partial charge in [-0.2, -0.15) is 9.62 Å². The van der Waals surface area contributed by atoms with Gasteiger partial charge in [-0.1, -0.05) is 60.7 Å². The fraction of sp³-hybridized carbons (Fsp3) is 0. The number of allylic oxidation sites excluding steroid dienone is 1. The molecule has 2 heterocycles. The van der Waals surface area contributed by atoms with Crippen LogP contribution in [0.25, 0.3) is 22.5 Å². The van der Waals surface area contributed by atoms with Gasteiger partial charge >= 0.3 is 0 Å². The highest BCUT2D eigenvalue weighted by molar-refractivity contribution is 5.99. The molecule has 4 aromatic rings. The standard InChI is InChI=1S/C18H14N6/c1-2-7-14(8-3-1)9-6-12-19-21-17-15-10-4-5-11-16(15)18-22-20-13-24(18)23-17/h1-13H,(H,21,23)/b9-6+,19-12+. The number of hydrazone groups is 1. The van der Waals surface area contributed by atoms with Crippen molar-refractivity contribution in [1.29, 1.82) is 0 Å². The number of hydrogen-bond acceptors (Lipinski definition) is 5. The van der Waals surface area contributed by atoms with Crippen LogP contribution in [0.5, 0.6) is 0 Å². The molecule has 0 atom stereocenters. The van der Waals surface area contributed by atoms with E-state index in [1.807, 2.05) is 66.7 Å². The van der Waals surface area contributed by atoms with Gasteiger partial charge in [0.25, 0.3) is 0 Å². The first kappa shape index (κ1) is 14.1. The number of fused-ring (bicyclic) bond motifs is 3. The number of rotatable bonds is 4. The number of aromatic nitrogens is 4. The molecule has 0 fully saturated rings. The minimum absolute atomic E-state index is 0.655. The molecule has 2 aromatic heterocycles. The van der Waals surface area contributed by atoms with Crippen molar-refractivity contribution in [3.8, 4) is 0 Å². The molecular formula is C18H14N6. The Bertz CT molecular complexity index is 1030. The Hall–Kier alpha value is -3.54. The second-order valence-electron chi connectivity index (χ2n) is 5.15. The molecule has 0 radical (unpaired) electrons. The van der Waals surface area contributed by atoms with Gasteiger partial charge in [0, 0.05) is 17.0 Å². The third kappa shape index (κ3) is 2.72. The number of benzene rings is 2. The van der Waals surface area contributed by atoms with E-state index in [0.29, 0.717) is 5.82 Å². The summed E-state index contributed by atoms with van der Waals surface area (Å²) in [6.45, 7) is 0. The highest BCUT2D eigenvalue weighted by Gasteiger charge is 2.08. The number of anilines is 1. The van der Waals surface area contributed by atoms with E-state index in [2.05, 4.69) is 25.8 Å². The average molecular weight is 314 g/mol. The van der Waals surface area contributed by atoms with Crippen molar-refractivity contribution >= 4 is 34.5 Å². The maximum absolute atomic E-state index is 4.46. The lowest BCUT2D eigenvalue weighted by Crippen LogP contribution is -2.00. The molecule has 0 saturated carbocycles. The van der Waals surface area contributed by atoms with E-state index in [9.17, 15) is 0 Å². The van der Waals surface area contributed by atoms with E-state index >= 15 is 0 Å². The normalized spacial score (nSPS) is 11.8. The van der Waals surface area contributed by atoms with Gasteiger partial charge in [-0.05, 0) is 11.6 Å². The van der Waals surface area contributed by atoms with Crippen LogP contribution in [-0.4, -0.2) is 26.0 Å². The first-order chi connectivity index (χ1) is 11.9. The minimum Gasteiger partial charge on any atom is -0.259 e. The van der Waals surface area contributed by atoms with Gasteiger partial charge in [-0.25, -0.2) is 0 Å². The van der Waals surface area contributed by atoms with Crippen LogP contribution in [0.3, 0.4) is 0 Å². The van der Waals surface area contributed by atoms with Gasteiger partial charge in [-0.3, -0.25) is 5.43 Å². The molecule has 4 rings (SSSR count). The van der Waals surface area contributed by atoms with Crippen LogP contribution in [0.4, 0.5) is 5.82 Å². The Kier molecular flexibility index (Phi) is 3.69. The molecular weight excluding hydrogens is 300 g/mol. The summed E-state index contributed by atoms with van der Waals surface area (Å²) in [4.78, 5) is 0. The summed E-state index contributed by atoms with van der Waals surface area (Å²) in [5, 5.41) is 18.6. The highest BCUT2D eigenvalue weighted by atomic mass is 15.4. The molecule has 0 saturated heterocycles. The Morgan fingerprint density at radius 1 is 0.958 bits per heavy atom. The predicted molar refractivity (Wildman–Crippen MR) is 95.9 cm³/mol. The van der Waals surface area contributed by atoms with Crippen LogP contribution in [0.1, 0.15) is 5.56 Å². The zero-order valence-electron chi connectivity index (χ0n) is 12.7. The third-order valence-electron chi connectivity index (χ3n) is 3.58. The molecule has 0 aliphatic heterocycles. The van der Waals surface area contributed by atoms with Crippen LogP contribution in [0.2, 0.25) is 0 Å². The quantitative estimate of drug-likeness (QED) is 0.463. The first-order valence-corrected chi connectivity index (χ1v) is 7.51. The molecule has 0 amide bonds. The molecule has 6 heteroatoms. The second kappa shape index (κ2) is 6.29. The molecule has 0 spiro atoms. The summed E-state index contributed by atoms with van der Waals surface area (Å²) < 4.78 is 1.64. The van der Waals surface area contributed by atoms with E-state index in [-0.39, 0.29) is 0 Å². The first-order valence-electron chi connectivity index (χ1n) is 7.51. The summed E-state index contributed by atoms with van der Waals surface area (Å²) in [5.74, 6) is 0.655. The summed E-state index contributed by atoms with van der Waals surface area (Å²) in [6.07, 6.45) is 7.13. The molecule has 2 aromatic carbocycles. The van der Waals surface area contributed by atoms with Crippen molar-refractivity contribution in [2.75, 3.05) is 5.43 Å². The van der Waals surface area contributed by atoms with Crippen LogP contribution < -0.4 is 5.43 Å². The van der Waals surface area contributed by atoms with E-state index in [1.54, 1.807) is 17.1 Å². The molecule has 0 aliphatic rings. The third-order valence-corrected chi connectivity index (χ3v) is 3.58. The largest absolute Gasteiger partial charge is 0.259 e. The lowest BCUT2D eigenvalue weighted by molar-refractivity contribution is 0.934. The minimum atomic E-state index is 0.655. The average Bonchev–Trinajstić information content (AvgIpc) is 3.11.